The number of H-pyrrole nitrogens is 1. The number of benzene rings is 1. The monoisotopic (exact) mass is 438 g/mol. The number of carbonyl (C=O) groups is 1. The first kappa shape index (κ1) is 20.2. The summed E-state index contributed by atoms with van der Waals surface area (Å²) in [5, 5.41) is 16.0. The molecular weight excluding hydrogens is 412 g/mol. The van der Waals surface area contributed by atoms with Crippen LogP contribution in [0.25, 0.3) is 10.6 Å². The van der Waals surface area contributed by atoms with Gasteiger partial charge in [-0.1, -0.05) is 12.1 Å². The number of thiazole rings is 1. The van der Waals surface area contributed by atoms with Gasteiger partial charge in [-0.3, -0.25) is 9.89 Å². The summed E-state index contributed by atoms with van der Waals surface area (Å²) in [4.78, 5) is 20.0. The maximum Gasteiger partial charge on any atom is 0.275 e. The molecule has 1 amide bonds. The first-order chi connectivity index (χ1) is 15.3. The summed E-state index contributed by atoms with van der Waals surface area (Å²) >= 11 is 1.44. The summed E-state index contributed by atoms with van der Waals surface area (Å²) in [7, 11) is 0. The number of ether oxygens (including phenoxy) is 1. The number of amides is 1. The van der Waals surface area contributed by atoms with Gasteiger partial charge in [0.1, 0.15) is 10.7 Å². The standard InChI is InChI=1S/C22H26N6O2S/c29-21(19-14-31-22(27-19)15-11-24-25-12-15)26-17-6-4-5-16(18-13-30-10-7-23-18)20(17)28-8-2-1-3-9-28/h4-6,11-12,14,18,23H,1-3,7-10,13H2,(H,24,25)(H,26,29). The highest BCUT2D eigenvalue weighted by Crippen LogP contribution is 2.37. The molecule has 4 heterocycles. The average molecular weight is 439 g/mol. The molecule has 1 aromatic carbocycles. The molecule has 2 aliphatic heterocycles. The molecule has 5 rings (SSSR count). The van der Waals surface area contributed by atoms with Crippen LogP contribution in [-0.2, 0) is 4.74 Å². The van der Waals surface area contributed by atoms with Gasteiger partial charge in [-0.25, -0.2) is 4.98 Å². The minimum absolute atomic E-state index is 0.120. The van der Waals surface area contributed by atoms with E-state index in [2.05, 4.69) is 36.8 Å². The largest absolute Gasteiger partial charge is 0.378 e. The van der Waals surface area contributed by atoms with E-state index in [0.29, 0.717) is 12.3 Å². The van der Waals surface area contributed by atoms with Gasteiger partial charge in [0.15, 0.2) is 0 Å². The van der Waals surface area contributed by atoms with Gasteiger partial charge in [0.2, 0.25) is 0 Å². The third-order valence-corrected chi connectivity index (χ3v) is 6.66. The molecule has 2 fully saturated rings. The van der Waals surface area contributed by atoms with Gasteiger partial charge in [-0.2, -0.15) is 5.10 Å². The number of rotatable bonds is 5. The Kier molecular flexibility index (Phi) is 5.97. The van der Waals surface area contributed by atoms with Crippen molar-refractivity contribution in [3.63, 3.8) is 0 Å². The zero-order chi connectivity index (χ0) is 21.0. The maximum atomic E-state index is 13.1. The molecule has 0 bridgehead atoms. The zero-order valence-corrected chi connectivity index (χ0v) is 18.1. The number of nitrogens with zero attached hydrogens (tertiary/aromatic N) is 3. The van der Waals surface area contributed by atoms with Crippen LogP contribution in [0.1, 0.15) is 41.4 Å². The van der Waals surface area contributed by atoms with E-state index in [1.165, 1.54) is 23.3 Å². The second kappa shape index (κ2) is 9.17. The van der Waals surface area contributed by atoms with Gasteiger partial charge in [0.25, 0.3) is 5.91 Å². The third kappa shape index (κ3) is 4.34. The van der Waals surface area contributed by atoms with E-state index < -0.39 is 0 Å². The smallest absolute Gasteiger partial charge is 0.275 e. The van der Waals surface area contributed by atoms with Crippen LogP contribution >= 0.6 is 11.3 Å². The van der Waals surface area contributed by atoms with Gasteiger partial charge >= 0.3 is 0 Å². The van der Waals surface area contributed by atoms with E-state index in [-0.39, 0.29) is 11.9 Å². The van der Waals surface area contributed by atoms with Crippen LogP contribution in [0.4, 0.5) is 11.4 Å². The number of carbonyl (C=O) groups excluding carboxylic acids is 1. The molecule has 31 heavy (non-hydrogen) atoms. The molecule has 3 aromatic rings. The number of aromatic nitrogens is 3. The Bertz CT molecular complexity index is 1020. The lowest BCUT2D eigenvalue weighted by Gasteiger charge is -2.35. The molecule has 0 radical (unpaired) electrons. The zero-order valence-electron chi connectivity index (χ0n) is 17.3. The van der Waals surface area contributed by atoms with E-state index in [4.69, 9.17) is 4.74 Å². The van der Waals surface area contributed by atoms with Crippen molar-refractivity contribution in [2.75, 3.05) is 43.1 Å². The molecule has 8 nitrogen and oxygen atoms in total. The number of morpholine rings is 1. The third-order valence-electron chi connectivity index (χ3n) is 5.77. The molecule has 9 heteroatoms. The van der Waals surface area contributed by atoms with Crippen molar-refractivity contribution in [1.82, 2.24) is 20.5 Å². The molecule has 1 atom stereocenters. The minimum atomic E-state index is -0.200. The second-order valence-electron chi connectivity index (χ2n) is 7.85. The molecule has 0 aliphatic carbocycles. The van der Waals surface area contributed by atoms with E-state index in [0.717, 1.165) is 61.0 Å². The number of piperidine rings is 1. The van der Waals surface area contributed by atoms with Crippen molar-refractivity contribution in [3.8, 4) is 10.6 Å². The minimum Gasteiger partial charge on any atom is -0.378 e. The van der Waals surface area contributed by atoms with Crippen molar-refractivity contribution in [3.05, 3.63) is 47.2 Å². The quantitative estimate of drug-likeness (QED) is 0.565. The highest BCUT2D eigenvalue weighted by molar-refractivity contribution is 7.13. The summed E-state index contributed by atoms with van der Waals surface area (Å²) in [6.45, 7) is 4.19. The highest BCUT2D eigenvalue weighted by atomic mass is 32.1. The molecule has 2 saturated heterocycles. The Hall–Kier alpha value is -2.75. The number of para-hydroxylation sites is 1. The fourth-order valence-electron chi connectivity index (χ4n) is 4.24. The molecule has 0 saturated carbocycles. The lowest BCUT2D eigenvalue weighted by atomic mass is 9.99. The predicted molar refractivity (Wildman–Crippen MR) is 122 cm³/mol. The topological polar surface area (TPSA) is 95.2 Å². The summed E-state index contributed by atoms with van der Waals surface area (Å²) in [5.74, 6) is -0.200. The number of hydrogen-bond donors (Lipinski definition) is 3. The van der Waals surface area contributed by atoms with Crippen LogP contribution in [0.2, 0.25) is 0 Å². The fourth-order valence-corrected chi connectivity index (χ4v) is 5.03. The van der Waals surface area contributed by atoms with Crippen LogP contribution in [-0.4, -0.2) is 53.9 Å². The van der Waals surface area contributed by atoms with E-state index in [1.807, 2.05) is 12.1 Å². The summed E-state index contributed by atoms with van der Waals surface area (Å²) in [6, 6.07) is 6.26. The van der Waals surface area contributed by atoms with E-state index in [9.17, 15) is 4.79 Å². The Balaban J connectivity index is 1.44. The first-order valence-electron chi connectivity index (χ1n) is 10.7. The van der Waals surface area contributed by atoms with Gasteiger partial charge in [0.05, 0.1) is 36.8 Å². The Labute approximate surface area is 185 Å². The molecule has 1 unspecified atom stereocenters. The summed E-state index contributed by atoms with van der Waals surface area (Å²) in [5.41, 5.74) is 4.40. The number of hydrogen-bond acceptors (Lipinski definition) is 7. The van der Waals surface area contributed by atoms with Gasteiger partial charge in [-0.05, 0) is 30.9 Å². The van der Waals surface area contributed by atoms with Gasteiger partial charge in [-0.15, -0.1) is 11.3 Å². The lowest BCUT2D eigenvalue weighted by molar-refractivity contribution is 0.0770. The molecule has 2 aromatic heterocycles. The SMILES string of the molecule is O=C(Nc1cccc(C2COCCN2)c1N1CCCCC1)c1csc(-c2cn[nH]c2)n1. The van der Waals surface area contributed by atoms with Crippen molar-refractivity contribution < 1.29 is 9.53 Å². The van der Waals surface area contributed by atoms with E-state index >= 15 is 0 Å². The van der Waals surface area contributed by atoms with Crippen molar-refractivity contribution >= 4 is 28.6 Å². The van der Waals surface area contributed by atoms with E-state index in [1.54, 1.807) is 17.8 Å². The highest BCUT2D eigenvalue weighted by Gasteiger charge is 2.26. The number of aromatic amines is 1. The van der Waals surface area contributed by atoms with Crippen LogP contribution < -0.4 is 15.5 Å². The average Bonchev–Trinajstić information content (AvgIpc) is 3.52. The van der Waals surface area contributed by atoms with Crippen LogP contribution in [0.5, 0.6) is 0 Å². The first-order valence-corrected chi connectivity index (χ1v) is 11.6. The molecule has 3 N–H and O–H groups in total. The molecule has 0 spiro atoms. The van der Waals surface area contributed by atoms with Crippen molar-refractivity contribution in [1.29, 1.82) is 0 Å². The Morgan fingerprint density at radius 2 is 2.16 bits per heavy atom. The summed E-state index contributed by atoms with van der Waals surface area (Å²) in [6.07, 6.45) is 7.06. The summed E-state index contributed by atoms with van der Waals surface area (Å²) < 4.78 is 5.72. The molecule has 2 aliphatic rings. The van der Waals surface area contributed by atoms with Crippen molar-refractivity contribution in [2.24, 2.45) is 0 Å². The van der Waals surface area contributed by atoms with Crippen LogP contribution in [0, 0.1) is 0 Å². The number of anilines is 2. The van der Waals surface area contributed by atoms with Gasteiger partial charge in [0, 0.05) is 36.8 Å². The molecule has 162 valence electrons. The fraction of sp³-hybridized carbons (Fsp3) is 0.409. The predicted octanol–water partition coefficient (Wildman–Crippen LogP) is 3.44. The normalized spacial score (nSPS) is 19.4. The maximum absolute atomic E-state index is 13.1. The molecular formula is C22H26N6O2S. The second-order valence-corrected chi connectivity index (χ2v) is 8.71. The van der Waals surface area contributed by atoms with Gasteiger partial charge < -0.3 is 20.3 Å². The van der Waals surface area contributed by atoms with Crippen LogP contribution in [0.15, 0.2) is 36.0 Å². The Morgan fingerprint density at radius 1 is 1.26 bits per heavy atom. The van der Waals surface area contributed by atoms with Crippen LogP contribution in [0.3, 0.4) is 0 Å². The Morgan fingerprint density at radius 3 is 2.94 bits per heavy atom. The lowest BCUT2D eigenvalue weighted by Crippen LogP contribution is -2.37. The van der Waals surface area contributed by atoms with Crippen molar-refractivity contribution in [2.45, 2.75) is 25.3 Å². The number of nitrogens with one attached hydrogen (secondary N) is 3.